The first-order chi connectivity index (χ1) is 9.03. The van der Waals surface area contributed by atoms with Crippen molar-refractivity contribution in [2.45, 2.75) is 59.5 Å². The molecule has 0 saturated carbocycles. The summed E-state index contributed by atoms with van der Waals surface area (Å²) < 4.78 is 0. The van der Waals surface area contributed by atoms with Gasteiger partial charge >= 0.3 is 0 Å². The van der Waals surface area contributed by atoms with Crippen molar-refractivity contribution in [3.8, 4) is 0 Å². The maximum Gasteiger partial charge on any atom is 0.185 e. The number of nitrogens with one attached hydrogen (secondary N) is 1. The number of anilines is 1. The molecule has 1 aromatic heterocycles. The van der Waals surface area contributed by atoms with Crippen LogP contribution in [0.1, 0.15) is 59.2 Å². The summed E-state index contributed by atoms with van der Waals surface area (Å²) in [6.45, 7) is 12.3. The van der Waals surface area contributed by atoms with Crippen molar-refractivity contribution < 1.29 is 0 Å². The van der Waals surface area contributed by atoms with Crippen molar-refractivity contribution in [3.05, 3.63) is 11.1 Å². The number of rotatable bonds is 8. The summed E-state index contributed by atoms with van der Waals surface area (Å²) in [4.78, 5) is 7.33. The van der Waals surface area contributed by atoms with Crippen LogP contribution in [0, 0.1) is 5.92 Å². The summed E-state index contributed by atoms with van der Waals surface area (Å²) in [5, 5.41) is 6.62. The first-order valence-electron chi connectivity index (χ1n) is 7.42. The van der Waals surface area contributed by atoms with E-state index in [0.717, 1.165) is 12.2 Å². The molecular weight excluding hydrogens is 254 g/mol. The van der Waals surface area contributed by atoms with Gasteiger partial charge in [0.05, 0.1) is 5.69 Å². The average molecular weight is 283 g/mol. The van der Waals surface area contributed by atoms with Crippen molar-refractivity contribution in [1.29, 1.82) is 0 Å². The molecule has 0 saturated heterocycles. The highest BCUT2D eigenvalue weighted by Crippen LogP contribution is 2.28. The fourth-order valence-electron chi connectivity index (χ4n) is 2.26. The summed E-state index contributed by atoms with van der Waals surface area (Å²) >= 11 is 1.78. The molecule has 1 aromatic rings. The van der Waals surface area contributed by atoms with Gasteiger partial charge in [-0.25, -0.2) is 4.98 Å². The normalized spacial score (nSPS) is 13.3. The van der Waals surface area contributed by atoms with E-state index in [1.54, 1.807) is 11.3 Å². The van der Waals surface area contributed by atoms with Crippen LogP contribution >= 0.6 is 11.3 Å². The third-order valence-electron chi connectivity index (χ3n) is 3.58. The molecule has 0 aliphatic rings. The van der Waals surface area contributed by atoms with E-state index in [0.29, 0.717) is 18.0 Å². The minimum Gasteiger partial charge on any atom is -0.345 e. The topological polar surface area (TPSA) is 28.2 Å². The van der Waals surface area contributed by atoms with Crippen LogP contribution in [0.5, 0.6) is 0 Å². The zero-order valence-electron chi connectivity index (χ0n) is 13.2. The smallest absolute Gasteiger partial charge is 0.185 e. The molecule has 0 bridgehead atoms. The molecule has 1 heterocycles. The van der Waals surface area contributed by atoms with Gasteiger partial charge in [-0.15, -0.1) is 11.3 Å². The lowest BCUT2D eigenvalue weighted by atomic mass is 10.1. The van der Waals surface area contributed by atoms with Crippen LogP contribution in [-0.2, 0) is 0 Å². The second kappa shape index (κ2) is 7.85. The van der Waals surface area contributed by atoms with Crippen LogP contribution in [0.15, 0.2) is 5.38 Å². The number of hydrogen-bond acceptors (Lipinski definition) is 4. The van der Waals surface area contributed by atoms with E-state index in [4.69, 9.17) is 4.98 Å². The Kier molecular flexibility index (Phi) is 6.80. The van der Waals surface area contributed by atoms with E-state index in [2.05, 4.69) is 50.2 Å². The molecule has 0 amide bonds. The Morgan fingerprint density at radius 1 is 1.26 bits per heavy atom. The van der Waals surface area contributed by atoms with Gasteiger partial charge in [0.2, 0.25) is 0 Å². The highest BCUT2D eigenvalue weighted by molar-refractivity contribution is 7.13. The van der Waals surface area contributed by atoms with Gasteiger partial charge in [-0.1, -0.05) is 27.7 Å². The van der Waals surface area contributed by atoms with Crippen LogP contribution in [0.3, 0.4) is 0 Å². The molecular formula is C15H29N3S. The average Bonchev–Trinajstić information content (AvgIpc) is 2.87. The fraction of sp³-hybridized carbons (Fsp3) is 0.800. The van der Waals surface area contributed by atoms with Crippen LogP contribution in [-0.4, -0.2) is 24.6 Å². The third kappa shape index (κ3) is 4.46. The predicted octanol–water partition coefficient (Wildman–Crippen LogP) is 4.07. The molecule has 0 aliphatic heterocycles. The molecule has 1 atom stereocenters. The van der Waals surface area contributed by atoms with Crippen molar-refractivity contribution in [1.82, 2.24) is 10.3 Å². The maximum absolute atomic E-state index is 4.83. The van der Waals surface area contributed by atoms with E-state index in [1.165, 1.54) is 18.0 Å². The lowest BCUT2D eigenvalue weighted by Crippen LogP contribution is -2.37. The first-order valence-corrected chi connectivity index (χ1v) is 8.30. The zero-order chi connectivity index (χ0) is 14.4. The molecule has 19 heavy (non-hydrogen) atoms. The lowest BCUT2D eigenvalue weighted by molar-refractivity contribution is 0.505. The summed E-state index contributed by atoms with van der Waals surface area (Å²) in [5.74, 6) is 0.662. The van der Waals surface area contributed by atoms with Crippen LogP contribution < -0.4 is 10.2 Å². The van der Waals surface area contributed by atoms with Gasteiger partial charge in [-0.2, -0.15) is 0 Å². The third-order valence-corrected chi connectivity index (χ3v) is 4.47. The second-order valence-corrected chi connectivity index (χ2v) is 6.42. The molecule has 0 fully saturated rings. The van der Waals surface area contributed by atoms with Crippen LogP contribution in [0.4, 0.5) is 5.13 Å². The Hall–Kier alpha value is -0.610. The van der Waals surface area contributed by atoms with E-state index in [1.807, 2.05) is 7.05 Å². The number of nitrogens with zero attached hydrogens (tertiary/aromatic N) is 2. The monoisotopic (exact) mass is 283 g/mol. The van der Waals surface area contributed by atoms with E-state index in [9.17, 15) is 0 Å². The standard InChI is InChI=1S/C15H29N3S/c1-7-13(8-2)18(9-11(3)4)15-17-14(10-19-15)12(5)16-6/h10-13,16H,7-9H2,1-6H3. The molecule has 0 radical (unpaired) electrons. The van der Waals surface area contributed by atoms with Crippen molar-refractivity contribution in [3.63, 3.8) is 0 Å². The lowest BCUT2D eigenvalue weighted by Gasteiger charge is -2.31. The highest BCUT2D eigenvalue weighted by Gasteiger charge is 2.20. The molecule has 1 N–H and O–H groups in total. The number of hydrogen-bond donors (Lipinski definition) is 1. The quantitative estimate of drug-likeness (QED) is 0.779. The molecule has 0 aliphatic carbocycles. The SMILES string of the molecule is CCC(CC)N(CC(C)C)c1nc(C(C)NC)cs1. The van der Waals surface area contributed by atoms with Crippen molar-refractivity contribution >= 4 is 16.5 Å². The Morgan fingerprint density at radius 3 is 2.37 bits per heavy atom. The van der Waals surface area contributed by atoms with Gasteiger partial charge in [-0.3, -0.25) is 0 Å². The first kappa shape index (κ1) is 16.4. The molecule has 1 rings (SSSR count). The summed E-state index contributed by atoms with van der Waals surface area (Å²) in [6.07, 6.45) is 2.36. The fourth-order valence-corrected chi connectivity index (χ4v) is 3.26. The van der Waals surface area contributed by atoms with E-state index in [-0.39, 0.29) is 0 Å². The molecule has 1 unspecified atom stereocenters. The minimum atomic E-state index is 0.326. The molecule has 110 valence electrons. The number of aromatic nitrogens is 1. The molecule has 0 spiro atoms. The minimum absolute atomic E-state index is 0.326. The van der Waals surface area contributed by atoms with E-state index < -0.39 is 0 Å². The molecule has 3 nitrogen and oxygen atoms in total. The zero-order valence-corrected chi connectivity index (χ0v) is 14.0. The maximum atomic E-state index is 4.83. The van der Waals surface area contributed by atoms with Gasteiger partial charge in [0.15, 0.2) is 5.13 Å². The summed E-state index contributed by atoms with van der Waals surface area (Å²) in [5.41, 5.74) is 1.15. The van der Waals surface area contributed by atoms with Gasteiger partial charge < -0.3 is 10.2 Å². The van der Waals surface area contributed by atoms with Crippen LogP contribution in [0.2, 0.25) is 0 Å². The second-order valence-electron chi connectivity index (χ2n) is 5.58. The van der Waals surface area contributed by atoms with Gasteiger partial charge in [0.1, 0.15) is 0 Å². The van der Waals surface area contributed by atoms with Crippen molar-refractivity contribution in [2.75, 3.05) is 18.5 Å². The summed E-state index contributed by atoms with van der Waals surface area (Å²) in [7, 11) is 1.98. The largest absolute Gasteiger partial charge is 0.345 e. The van der Waals surface area contributed by atoms with Crippen molar-refractivity contribution in [2.24, 2.45) is 5.92 Å². The number of thiazole rings is 1. The Balaban J connectivity index is 2.93. The Morgan fingerprint density at radius 2 is 1.89 bits per heavy atom. The van der Waals surface area contributed by atoms with E-state index >= 15 is 0 Å². The highest BCUT2D eigenvalue weighted by atomic mass is 32.1. The van der Waals surface area contributed by atoms with Gasteiger partial charge in [0.25, 0.3) is 0 Å². The summed E-state index contributed by atoms with van der Waals surface area (Å²) in [6, 6.07) is 0.930. The predicted molar refractivity (Wildman–Crippen MR) is 86.1 cm³/mol. The Labute approximate surface area is 122 Å². The molecule has 0 aromatic carbocycles. The van der Waals surface area contributed by atoms with Gasteiger partial charge in [-0.05, 0) is 32.7 Å². The van der Waals surface area contributed by atoms with Crippen LogP contribution in [0.25, 0.3) is 0 Å². The molecule has 4 heteroatoms. The van der Waals surface area contributed by atoms with Gasteiger partial charge in [0, 0.05) is 24.0 Å². The Bertz CT molecular complexity index is 358.